The second kappa shape index (κ2) is 6.88. The molecule has 0 amide bonds. The van der Waals surface area contributed by atoms with Crippen LogP contribution in [0, 0.1) is 0 Å². The zero-order valence-corrected chi connectivity index (χ0v) is 14.9. The second-order valence-corrected chi connectivity index (χ2v) is 8.31. The Balaban J connectivity index is 1.58. The molecule has 0 aromatic heterocycles. The molecule has 25 heavy (non-hydrogen) atoms. The highest BCUT2D eigenvalue weighted by Gasteiger charge is 2.31. The van der Waals surface area contributed by atoms with Crippen LogP contribution >= 0.6 is 0 Å². The monoisotopic (exact) mass is 358 g/mol. The van der Waals surface area contributed by atoms with Gasteiger partial charge in [-0.1, -0.05) is 48.5 Å². The molecule has 0 saturated carbocycles. The number of hydrogen-bond donors (Lipinski definition) is 0. The Bertz CT molecular complexity index is 897. The molecular formula is C19H22N2O3S. The van der Waals surface area contributed by atoms with E-state index in [1.54, 1.807) is 4.31 Å². The van der Waals surface area contributed by atoms with Gasteiger partial charge >= 0.3 is 0 Å². The van der Waals surface area contributed by atoms with Gasteiger partial charge in [0.25, 0.3) is 10.2 Å². The quantitative estimate of drug-likeness (QED) is 0.847. The van der Waals surface area contributed by atoms with E-state index >= 15 is 0 Å². The van der Waals surface area contributed by atoms with Crippen LogP contribution < -0.4 is 0 Å². The molecule has 1 saturated heterocycles. The van der Waals surface area contributed by atoms with Crippen molar-refractivity contribution in [2.75, 3.05) is 39.4 Å². The second-order valence-electron chi connectivity index (χ2n) is 6.38. The number of fused-ring (bicyclic) bond motifs is 1. The molecule has 0 unspecified atom stereocenters. The number of hydrogen-bond acceptors (Lipinski definition) is 3. The summed E-state index contributed by atoms with van der Waals surface area (Å²) < 4.78 is 33.9. The van der Waals surface area contributed by atoms with Crippen LogP contribution in [0.5, 0.6) is 0 Å². The highest BCUT2D eigenvalue weighted by molar-refractivity contribution is 7.86. The summed E-state index contributed by atoms with van der Waals surface area (Å²) in [5.41, 5.74) is 2.44. The van der Waals surface area contributed by atoms with E-state index in [9.17, 15) is 8.42 Å². The summed E-state index contributed by atoms with van der Waals surface area (Å²) >= 11 is 0. The Morgan fingerprint density at radius 2 is 1.64 bits per heavy atom. The average molecular weight is 358 g/mol. The third-order valence-electron chi connectivity index (χ3n) is 4.93. The van der Waals surface area contributed by atoms with Gasteiger partial charge < -0.3 is 4.74 Å². The van der Waals surface area contributed by atoms with Gasteiger partial charge in [0.05, 0.1) is 13.2 Å². The summed E-state index contributed by atoms with van der Waals surface area (Å²) in [6.07, 6.45) is 2.79. The molecule has 1 fully saturated rings. The Labute approximate surface area is 148 Å². The summed E-state index contributed by atoms with van der Waals surface area (Å²) in [5.74, 6) is 0. The molecular weight excluding hydrogens is 336 g/mol. The maximum atomic E-state index is 12.8. The Hall–Kier alpha value is -1.73. The highest BCUT2D eigenvalue weighted by Crippen LogP contribution is 2.30. The molecule has 4 rings (SSSR count). The van der Waals surface area contributed by atoms with E-state index in [1.807, 2.05) is 12.1 Å². The zero-order chi connectivity index (χ0) is 17.3. The molecule has 2 aliphatic rings. The van der Waals surface area contributed by atoms with E-state index in [1.165, 1.54) is 26.2 Å². The molecule has 6 heteroatoms. The number of benzene rings is 2. The number of morpholine rings is 1. The van der Waals surface area contributed by atoms with Crippen molar-refractivity contribution in [1.82, 2.24) is 8.61 Å². The van der Waals surface area contributed by atoms with E-state index in [-0.39, 0.29) is 0 Å². The largest absolute Gasteiger partial charge is 0.379 e. The van der Waals surface area contributed by atoms with Crippen molar-refractivity contribution >= 4 is 26.6 Å². The zero-order valence-electron chi connectivity index (χ0n) is 14.1. The van der Waals surface area contributed by atoms with E-state index in [0.29, 0.717) is 39.4 Å². The van der Waals surface area contributed by atoms with Crippen LogP contribution in [0.4, 0.5) is 0 Å². The van der Waals surface area contributed by atoms with Gasteiger partial charge in [0.2, 0.25) is 0 Å². The van der Waals surface area contributed by atoms with Crippen LogP contribution in [0.3, 0.4) is 0 Å². The fraction of sp³-hybridized carbons (Fsp3) is 0.368. The van der Waals surface area contributed by atoms with Crippen molar-refractivity contribution in [1.29, 1.82) is 0 Å². The lowest BCUT2D eigenvalue weighted by molar-refractivity contribution is 0.0703. The first-order chi connectivity index (χ1) is 12.2. The Kier molecular flexibility index (Phi) is 4.60. The first kappa shape index (κ1) is 16.7. The average Bonchev–Trinajstić information content (AvgIpc) is 2.68. The van der Waals surface area contributed by atoms with Gasteiger partial charge in [0.15, 0.2) is 0 Å². The molecule has 0 bridgehead atoms. The van der Waals surface area contributed by atoms with Crippen LogP contribution in [0.1, 0.15) is 12.0 Å². The Morgan fingerprint density at radius 1 is 0.880 bits per heavy atom. The van der Waals surface area contributed by atoms with Gasteiger partial charge in [0, 0.05) is 26.2 Å². The molecule has 0 spiro atoms. The first-order valence-electron chi connectivity index (χ1n) is 8.66. The van der Waals surface area contributed by atoms with Gasteiger partial charge in [-0.05, 0) is 28.3 Å². The van der Waals surface area contributed by atoms with E-state index in [4.69, 9.17) is 4.74 Å². The highest BCUT2D eigenvalue weighted by atomic mass is 32.2. The summed E-state index contributed by atoms with van der Waals surface area (Å²) in [6.45, 7) is 2.79. The van der Waals surface area contributed by atoms with E-state index in [2.05, 4.69) is 36.4 Å². The lowest BCUT2D eigenvalue weighted by Gasteiger charge is -2.33. The molecule has 5 nitrogen and oxygen atoms in total. The van der Waals surface area contributed by atoms with E-state index < -0.39 is 10.2 Å². The third-order valence-corrected chi connectivity index (χ3v) is 6.93. The normalized spacial score (nSPS) is 20.6. The van der Waals surface area contributed by atoms with Gasteiger partial charge in [-0.2, -0.15) is 17.0 Å². The van der Waals surface area contributed by atoms with E-state index in [0.717, 1.165) is 6.42 Å². The summed E-state index contributed by atoms with van der Waals surface area (Å²) in [6, 6.07) is 14.6. The number of nitrogens with zero attached hydrogens (tertiary/aromatic N) is 2. The number of rotatable bonds is 3. The summed E-state index contributed by atoms with van der Waals surface area (Å²) in [5, 5.41) is 2.44. The Morgan fingerprint density at radius 3 is 2.40 bits per heavy atom. The van der Waals surface area contributed by atoms with Crippen LogP contribution in [0.2, 0.25) is 0 Å². The molecule has 132 valence electrons. The first-order valence-corrected chi connectivity index (χ1v) is 10.1. The predicted octanol–water partition coefficient (Wildman–Crippen LogP) is 2.51. The molecule has 0 aliphatic carbocycles. The van der Waals surface area contributed by atoms with Crippen molar-refractivity contribution < 1.29 is 13.2 Å². The van der Waals surface area contributed by atoms with Crippen LogP contribution in [0.25, 0.3) is 16.3 Å². The standard InChI is InChI=1S/C19H22N2O3S/c22-25(23,21-12-14-24-15-13-21)20-10-8-17(9-11-20)19-7-3-5-16-4-1-2-6-18(16)19/h1-8H,9-15H2. The topological polar surface area (TPSA) is 49.9 Å². The van der Waals surface area contributed by atoms with Gasteiger partial charge in [-0.25, -0.2) is 0 Å². The third kappa shape index (κ3) is 3.22. The minimum atomic E-state index is -3.39. The molecule has 0 radical (unpaired) electrons. The van der Waals surface area contributed by atoms with Crippen molar-refractivity contribution in [2.24, 2.45) is 0 Å². The SMILES string of the molecule is O=S(=O)(N1CC=C(c2cccc3ccccc23)CC1)N1CCOCC1. The number of ether oxygens (including phenoxy) is 1. The maximum Gasteiger partial charge on any atom is 0.282 e. The smallest absolute Gasteiger partial charge is 0.282 e. The van der Waals surface area contributed by atoms with Crippen molar-refractivity contribution in [2.45, 2.75) is 6.42 Å². The van der Waals surface area contributed by atoms with Crippen LogP contribution in [-0.2, 0) is 14.9 Å². The fourth-order valence-corrected chi connectivity index (χ4v) is 5.07. The van der Waals surface area contributed by atoms with Crippen molar-refractivity contribution in [3.05, 3.63) is 54.1 Å². The van der Waals surface area contributed by atoms with Crippen LogP contribution in [0.15, 0.2) is 48.5 Å². The summed E-state index contributed by atoms with van der Waals surface area (Å²) in [7, 11) is -3.39. The minimum Gasteiger partial charge on any atom is -0.379 e. The maximum absolute atomic E-state index is 12.8. The lowest BCUT2D eigenvalue weighted by atomic mass is 9.95. The fourth-order valence-electron chi connectivity index (χ4n) is 3.55. The van der Waals surface area contributed by atoms with Gasteiger partial charge in [-0.3, -0.25) is 0 Å². The van der Waals surface area contributed by atoms with Crippen molar-refractivity contribution in [3.8, 4) is 0 Å². The molecule has 0 atom stereocenters. The lowest BCUT2D eigenvalue weighted by Crippen LogP contribution is -2.49. The molecule has 2 aromatic carbocycles. The van der Waals surface area contributed by atoms with Gasteiger partial charge in [-0.15, -0.1) is 0 Å². The molecule has 2 aromatic rings. The minimum absolute atomic E-state index is 0.429. The van der Waals surface area contributed by atoms with Crippen molar-refractivity contribution in [3.63, 3.8) is 0 Å². The molecule has 0 N–H and O–H groups in total. The predicted molar refractivity (Wildman–Crippen MR) is 99.4 cm³/mol. The molecule has 2 aliphatic heterocycles. The van der Waals surface area contributed by atoms with Crippen LogP contribution in [-0.4, -0.2) is 56.4 Å². The molecule has 2 heterocycles. The van der Waals surface area contributed by atoms with Gasteiger partial charge in [0.1, 0.15) is 0 Å². The summed E-state index contributed by atoms with van der Waals surface area (Å²) in [4.78, 5) is 0.